The second kappa shape index (κ2) is 5.08. The Morgan fingerprint density at radius 1 is 1.28 bits per heavy atom. The van der Waals surface area contributed by atoms with Crippen LogP contribution in [0.15, 0.2) is 24.3 Å². The monoisotopic (exact) mass is 248 g/mol. The number of carbonyl (C=O) groups is 2. The average molecular weight is 248 g/mol. The molecule has 1 saturated heterocycles. The number of carbonyl (C=O) groups excluding carboxylic acids is 2. The van der Waals surface area contributed by atoms with Gasteiger partial charge in [0.05, 0.1) is 18.3 Å². The van der Waals surface area contributed by atoms with E-state index in [1.165, 1.54) is 4.90 Å². The Labute approximate surface area is 106 Å². The molecule has 5 heteroatoms. The highest BCUT2D eigenvalue weighted by Crippen LogP contribution is 2.29. The van der Waals surface area contributed by atoms with E-state index in [-0.39, 0.29) is 31.0 Å². The van der Waals surface area contributed by atoms with Crippen LogP contribution in [0.5, 0.6) is 5.75 Å². The maximum absolute atomic E-state index is 11.8. The fourth-order valence-electron chi connectivity index (χ4n) is 1.81. The third kappa shape index (κ3) is 2.61. The van der Waals surface area contributed by atoms with Gasteiger partial charge in [0, 0.05) is 0 Å². The molecule has 1 aliphatic rings. The number of benzene rings is 1. The minimum absolute atomic E-state index is 0.0138. The normalized spacial score (nSPS) is 15.8. The predicted octanol–water partition coefficient (Wildman–Crippen LogP) is 0.937. The molecular weight excluding hydrogens is 232 g/mol. The first-order valence-electron chi connectivity index (χ1n) is 5.90. The van der Waals surface area contributed by atoms with Crippen molar-refractivity contribution in [2.45, 2.75) is 20.0 Å². The van der Waals surface area contributed by atoms with Gasteiger partial charge in [0.2, 0.25) is 11.8 Å². The van der Waals surface area contributed by atoms with Crippen LogP contribution in [0.2, 0.25) is 0 Å². The van der Waals surface area contributed by atoms with Crippen LogP contribution in [0.25, 0.3) is 0 Å². The molecule has 5 nitrogen and oxygen atoms in total. The standard InChI is InChI=1S/C13H16N2O3/c1-9(2)18-11-6-4-3-5-10(11)15-8-12(16)14-7-13(15)17/h3-6,9H,7-8H2,1-2H3,(H,14,16). The maximum atomic E-state index is 11.8. The number of hydrogen-bond donors (Lipinski definition) is 1. The number of amides is 2. The number of nitrogens with zero attached hydrogens (tertiary/aromatic N) is 1. The van der Waals surface area contributed by atoms with Crippen molar-refractivity contribution in [2.24, 2.45) is 0 Å². The Bertz CT molecular complexity index is 471. The van der Waals surface area contributed by atoms with Crippen LogP contribution in [-0.2, 0) is 9.59 Å². The summed E-state index contributed by atoms with van der Waals surface area (Å²) in [5.41, 5.74) is 0.644. The van der Waals surface area contributed by atoms with Crippen molar-refractivity contribution in [2.75, 3.05) is 18.0 Å². The third-order valence-corrected chi connectivity index (χ3v) is 2.56. The second-order valence-electron chi connectivity index (χ2n) is 4.39. The Balaban J connectivity index is 2.31. The molecule has 1 heterocycles. The molecule has 1 aromatic carbocycles. The van der Waals surface area contributed by atoms with Crippen molar-refractivity contribution >= 4 is 17.5 Å². The molecule has 1 fully saturated rings. The van der Waals surface area contributed by atoms with Crippen molar-refractivity contribution in [1.82, 2.24) is 5.32 Å². The van der Waals surface area contributed by atoms with E-state index in [0.29, 0.717) is 11.4 Å². The zero-order chi connectivity index (χ0) is 13.1. The number of rotatable bonds is 3. The molecule has 1 aromatic rings. The van der Waals surface area contributed by atoms with Crippen molar-refractivity contribution < 1.29 is 14.3 Å². The quantitative estimate of drug-likeness (QED) is 0.866. The lowest BCUT2D eigenvalue weighted by Gasteiger charge is -2.28. The first-order chi connectivity index (χ1) is 8.58. The van der Waals surface area contributed by atoms with Gasteiger partial charge in [0.1, 0.15) is 12.3 Å². The predicted molar refractivity (Wildman–Crippen MR) is 67.6 cm³/mol. The summed E-state index contributed by atoms with van der Waals surface area (Å²) in [6.45, 7) is 3.91. The SMILES string of the molecule is CC(C)Oc1ccccc1N1CC(=O)NCC1=O. The highest BCUT2D eigenvalue weighted by atomic mass is 16.5. The molecule has 0 aromatic heterocycles. The number of hydrogen-bond acceptors (Lipinski definition) is 3. The van der Waals surface area contributed by atoms with Crippen molar-refractivity contribution in [1.29, 1.82) is 0 Å². The Morgan fingerprint density at radius 3 is 2.72 bits per heavy atom. The number of nitrogens with one attached hydrogen (secondary N) is 1. The summed E-state index contributed by atoms with van der Waals surface area (Å²) in [6, 6.07) is 7.25. The largest absolute Gasteiger partial charge is 0.489 e. The highest BCUT2D eigenvalue weighted by Gasteiger charge is 2.26. The first kappa shape index (κ1) is 12.4. The van der Waals surface area contributed by atoms with Gasteiger partial charge in [0.25, 0.3) is 0 Å². The number of para-hydroxylation sites is 2. The van der Waals surface area contributed by atoms with Crippen LogP contribution < -0.4 is 15.0 Å². The fourth-order valence-corrected chi connectivity index (χ4v) is 1.81. The molecule has 2 rings (SSSR count). The van der Waals surface area contributed by atoms with Crippen LogP contribution in [-0.4, -0.2) is 31.0 Å². The first-order valence-corrected chi connectivity index (χ1v) is 5.90. The van der Waals surface area contributed by atoms with Gasteiger partial charge >= 0.3 is 0 Å². The number of piperazine rings is 1. The van der Waals surface area contributed by atoms with Crippen LogP contribution in [0, 0.1) is 0 Å². The summed E-state index contributed by atoms with van der Waals surface area (Å²) >= 11 is 0. The Hall–Kier alpha value is -2.04. The van der Waals surface area contributed by atoms with Gasteiger partial charge in [-0.2, -0.15) is 0 Å². The molecule has 0 saturated carbocycles. The molecule has 0 radical (unpaired) electrons. The molecule has 96 valence electrons. The lowest BCUT2D eigenvalue weighted by atomic mass is 10.2. The maximum Gasteiger partial charge on any atom is 0.246 e. The highest BCUT2D eigenvalue weighted by molar-refractivity contribution is 6.05. The van der Waals surface area contributed by atoms with Crippen molar-refractivity contribution in [3.8, 4) is 5.75 Å². The van der Waals surface area contributed by atoms with E-state index in [9.17, 15) is 9.59 Å². The molecule has 0 aliphatic carbocycles. The molecule has 1 N–H and O–H groups in total. The minimum atomic E-state index is -0.158. The molecular formula is C13H16N2O3. The van der Waals surface area contributed by atoms with Crippen LogP contribution in [0.4, 0.5) is 5.69 Å². The van der Waals surface area contributed by atoms with Crippen LogP contribution in [0.1, 0.15) is 13.8 Å². The summed E-state index contributed by atoms with van der Waals surface area (Å²) < 4.78 is 5.66. The Morgan fingerprint density at radius 2 is 2.00 bits per heavy atom. The molecule has 2 amide bonds. The van der Waals surface area contributed by atoms with Gasteiger partial charge in [-0.1, -0.05) is 12.1 Å². The van der Waals surface area contributed by atoms with Crippen molar-refractivity contribution in [3.63, 3.8) is 0 Å². The fraction of sp³-hybridized carbons (Fsp3) is 0.385. The lowest BCUT2D eigenvalue weighted by Crippen LogP contribution is -2.51. The zero-order valence-corrected chi connectivity index (χ0v) is 10.5. The number of ether oxygens (including phenoxy) is 1. The van der Waals surface area contributed by atoms with Crippen LogP contribution >= 0.6 is 0 Å². The molecule has 0 atom stereocenters. The summed E-state index contributed by atoms with van der Waals surface area (Å²) in [7, 11) is 0. The molecule has 18 heavy (non-hydrogen) atoms. The number of anilines is 1. The van der Waals surface area contributed by atoms with Gasteiger partial charge in [-0.3, -0.25) is 14.5 Å². The third-order valence-electron chi connectivity index (χ3n) is 2.56. The van der Waals surface area contributed by atoms with E-state index in [2.05, 4.69) is 5.32 Å². The van der Waals surface area contributed by atoms with E-state index in [1.54, 1.807) is 12.1 Å². The molecule has 0 unspecified atom stereocenters. The van der Waals surface area contributed by atoms with E-state index in [4.69, 9.17) is 4.74 Å². The topological polar surface area (TPSA) is 58.6 Å². The average Bonchev–Trinajstić information content (AvgIpc) is 2.32. The van der Waals surface area contributed by atoms with Crippen molar-refractivity contribution in [3.05, 3.63) is 24.3 Å². The summed E-state index contributed by atoms with van der Waals surface area (Å²) in [4.78, 5) is 24.7. The minimum Gasteiger partial charge on any atom is -0.489 e. The molecule has 1 aliphatic heterocycles. The summed E-state index contributed by atoms with van der Waals surface area (Å²) in [5.74, 6) is 0.332. The van der Waals surface area contributed by atoms with Gasteiger partial charge in [-0.15, -0.1) is 0 Å². The van der Waals surface area contributed by atoms with Gasteiger partial charge < -0.3 is 10.1 Å². The van der Waals surface area contributed by atoms with E-state index >= 15 is 0 Å². The van der Waals surface area contributed by atoms with Gasteiger partial charge in [-0.05, 0) is 26.0 Å². The van der Waals surface area contributed by atoms with E-state index in [0.717, 1.165) is 0 Å². The summed E-state index contributed by atoms with van der Waals surface area (Å²) in [6.07, 6.45) is 0.0138. The van der Waals surface area contributed by atoms with E-state index < -0.39 is 0 Å². The van der Waals surface area contributed by atoms with E-state index in [1.807, 2.05) is 26.0 Å². The van der Waals surface area contributed by atoms with Crippen LogP contribution in [0.3, 0.4) is 0 Å². The smallest absolute Gasteiger partial charge is 0.246 e. The molecule has 0 bridgehead atoms. The zero-order valence-electron chi connectivity index (χ0n) is 10.5. The van der Waals surface area contributed by atoms with Gasteiger partial charge in [-0.25, -0.2) is 0 Å². The lowest BCUT2D eigenvalue weighted by molar-refractivity contribution is -0.128. The molecule has 0 spiro atoms. The Kier molecular flexibility index (Phi) is 3.50. The summed E-state index contributed by atoms with van der Waals surface area (Å²) in [5, 5.41) is 2.52. The second-order valence-corrected chi connectivity index (χ2v) is 4.39. The van der Waals surface area contributed by atoms with Gasteiger partial charge in [0.15, 0.2) is 0 Å².